The van der Waals surface area contributed by atoms with E-state index in [4.69, 9.17) is 5.73 Å². The Balaban J connectivity index is 1.69. The monoisotopic (exact) mass is 168 g/mol. The van der Waals surface area contributed by atoms with Crippen LogP contribution in [0.5, 0.6) is 0 Å². The molecule has 2 saturated carbocycles. The Morgan fingerprint density at radius 2 is 2.08 bits per heavy atom. The molecule has 0 spiro atoms. The van der Waals surface area contributed by atoms with Crippen LogP contribution in [-0.4, -0.2) is 30.6 Å². The molecule has 0 unspecified atom stereocenters. The van der Waals surface area contributed by atoms with Gasteiger partial charge in [-0.2, -0.15) is 0 Å². The molecule has 0 aromatic heterocycles. The minimum absolute atomic E-state index is 0.184. The lowest BCUT2D eigenvalue weighted by atomic mass is 9.77. The maximum atomic E-state index is 6.16. The predicted octanol–water partition coefficient (Wildman–Crippen LogP) is 1.21. The fourth-order valence-electron chi connectivity index (χ4n) is 2.13. The van der Waals surface area contributed by atoms with Crippen molar-refractivity contribution in [1.29, 1.82) is 0 Å². The van der Waals surface area contributed by atoms with Crippen molar-refractivity contribution in [1.82, 2.24) is 4.90 Å². The number of nitrogens with zero attached hydrogens (tertiary/aromatic N) is 1. The molecule has 0 aromatic carbocycles. The molecule has 0 radical (unpaired) electrons. The summed E-state index contributed by atoms with van der Waals surface area (Å²) in [5.74, 6) is 0.999. The molecule has 2 fully saturated rings. The van der Waals surface area contributed by atoms with Gasteiger partial charge in [-0.05, 0) is 45.1 Å². The van der Waals surface area contributed by atoms with Crippen molar-refractivity contribution in [2.45, 2.75) is 37.6 Å². The molecule has 0 bridgehead atoms. The fourth-order valence-corrected chi connectivity index (χ4v) is 2.13. The van der Waals surface area contributed by atoms with Crippen LogP contribution in [0.15, 0.2) is 0 Å². The maximum absolute atomic E-state index is 6.16. The van der Waals surface area contributed by atoms with Gasteiger partial charge in [0.25, 0.3) is 0 Å². The van der Waals surface area contributed by atoms with Crippen molar-refractivity contribution in [2.24, 2.45) is 11.7 Å². The lowest BCUT2D eigenvalue weighted by Gasteiger charge is -2.41. The van der Waals surface area contributed by atoms with Crippen molar-refractivity contribution < 1.29 is 0 Å². The topological polar surface area (TPSA) is 29.3 Å². The smallest absolute Gasteiger partial charge is 0.0283 e. The van der Waals surface area contributed by atoms with E-state index >= 15 is 0 Å². The van der Waals surface area contributed by atoms with E-state index in [1.165, 1.54) is 38.6 Å². The molecule has 2 N–H and O–H groups in total. The van der Waals surface area contributed by atoms with Crippen molar-refractivity contribution in [3.05, 3.63) is 0 Å². The summed E-state index contributed by atoms with van der Waals surface area (Å²) in [4.78, 5) is 2.43. The average Bonchev–Trinajstić information content (AvgIpc) is 2.68. The highest BCUT2D eigenvalue weighted by Gasteiger charge is 2.34. The molecule has 2 heteroatoms. The lowest BCUT2D eigenvalue weighted by molar-refractivity contribution is 0.162. The number of nitrogens with two attached hydrogens (primary N) is 1. The highest BCUT2D eigenvalue weighted by atomic mass is 15.1. The molecule has 0 aromatic rings. The summed E-state index contributed by atoms with van der Waals surface area (Å²) in [6.07, 6.45) is 6.71. The van der Waals surface area contributed by atoms with Gasteiger partial charge in [-0.1, -0.05) is 0 Å². The van der Waals surface area contributed by atoms with Gasteiger partial charge in [-0.25, -0.2) is 0 Å². The second-order valence-corrected chi connectivity index (χ2v) is 4.86. The molecule has 0 atom stereocenters. The van der Waals surface area contributed by atoms with Crippen molar-refractivity contribution in [2.75, 3.05) is 20.1 Å². The molecule has 70 valence electrons. The molecule has 2 rings (SSSR count). The summed E-state index contributed by atoms with van der Waals surface area (Å²) in [6.45, 7) is 2.39. The van der Waals surface area contributed by atoms with E-state index in [0.717, 1.165) is 12.5 Å². The molecule has 0 saturated heterocycles. The van der Waals surface area contributed by atoms with Crippen molar-refractivity contribution in [3.8, 4) is 0 Å². The average molecular weight is 168 g/mol. The van der Waals surface area contributed by atoms with E-state index in [9.17, 15) is 0 Å². The molecular formula is C10H20N2. The third-order valence-electron chi connectivity index (χ3n) is 3.20. The molecule has 2 aliphatic carbocycles. The highest BCUT2D eigenvalue weighted by Crippen LogP contribution is 2.32. The first-order valence-corrected chi connectivity index (χ1v) is 5.15. The van der Waals surface area contributed by atoms with Crippen molar-refractivity contribution in [3.63, 3.8) is 0 Å². The van der Waals surface area contributed by atoms with Crippen LogP contribution in [0.2, 0.25) is 0 Å². The Labute approximate surface area is 75.1 Å². The summed E-state index contributed by atoms with van der Waals surface area (Å²) < 4.78 is 0. The van der Waals surface area contributed by atoms with Crippen LogP contribution >= 0.6 is 0 Å². The summed E-state index contributed by atoms with van der Waals surface area (Å²) in [7, 11) is 2.21. The highest BCUT2D eigenvalue weighted by molar-refractivity contribution is 4.95. The number of rotatable bonds is 4. The first kappa shape index (κ1) is 8.52. The molecule has 0 aliphatic heterocycles. The second kappa shape index (κ2) is 3.00. The Morgan fingerprint density at radius 1 is 1.42 bits per heavy atom. The molecule has 2 nitrogen and oxygen atoms in total. The van der Waals surface area contributed by atoms with E-state index in [1.54, 1.807) is 0 Å². The quantitative estimate of drug-likeness (QED) is 0.683. The Hall–Kier alpha value is -0.0800. The summed E-state index contributed by atoms with van der Waals surface area (Å²) in [5, 5.41) is 0. The van der Waals surface area contributed by atoms with Crippen LogP contribution in [0.25, 0.3) is 0 Å². The fraction of sp³-hybridized carbons (Fsp3) is 1.00. The second-order valence-electron chi connectivity index (χ2n) is 4.86. The molecule has 0 amide bonds. The standard InChI is InChI=1S/C10H20N2/c1-12(7-9-3-4-9)8-10(11)5-2-6-10/h9H,2-8,11H2,1H3. The molecule has 12 heavy (non-hydrogen) atoms. The van der Waals surface area contributed by atoms with E-state index in [-0.39, 0.29) is 5.54 Å². The number of likely N-dealkylation sites (N-methyl/N-ethyl adjacent to an activating group) is 1. The normalized spacial score (nSPS) is 27.2. The lowest BCUT2D eigenvalue weighted by Crippen LogP contribution is -2.54. The van der Waals surface area contributed by atoms with Gasteiger partial charge in [0.1, 0.15) is 0 Å². The zero-order chi connectivity index (χ0) is 8.60. The largest absolute Gasteiger partial charge is 0.324 e. The van der Waals surface area contributed by atoms with E-state index < -0.39 is 0 Å². The van der Waals surface area contributed by atoms with Gasteiger partial charge in [0.2, 0.25) is 0 Å². The first-order valence-electron chi connectivity index (χ1n) is 5.15. The van der Waals surface area contributed by atoms with Gasteiger partial charge >= 0.3 is 0 Å². The van der Waals surface area contributed by atoms with Crippen LogP contribution in [0.3, 0.4) is 0 Å². The van der Waals surface area contributed by atoms with Crippen LogP contribution in [0.1, 0.15) is 32.1 Å². The van der Waals surface area contributed by atoms with Crippen molar-refractivity contribution >= 4 is 0 Å². The summed E-state index contributed by atoms with van der Waals surface area (Å²) in [6, 6.07) is 0. The van der Waals surface area contributed by atoms with Crippen LogP contribution in [0.4, 0.5) is 0 Å². The molecular weight excluding hydrogens is 148 g/mol. The van der Waals surface area contributed by atoms with E-state index in [0.29, 0.717) is 0 Å². The third-order valence-corrected chi connectivity index (χ3v) is 3.20. The zero-order valence-electron chi connectivity index (χ0n) is 8.05. The SMILES string of the molecule is CN(CC1CC1)CC1(N)CCC1. The summed E-state index contributed by atoms with van der Waals surface area (Å²) >= 11 is 0. The van der Waals surface area contributed by atoms with Gasteiger partial charge < -0.3 is 10.6 Å². The third kappa shape index (κ3) is 1.99. The zero-order valence-corrected chi connectivity index (χ0v) is 8.05. The van der Waals surface area contributed by atoms with Crippen LogP contribution in [-0.2, 0) is 0 Å². The van der Waals surface area contributed by atoms with E-state index in [2.05, 4.69) is 11.9 Å². The van der Waals surface area contributed by atoms with Crippen LogP contribution in [0, 0.1) is 5.92 Å². The van der Waals surface area contributed by atoms with Gasteiger partial charge in [0.15, 0.2) is 0 Å². The van der Waals surface area contributed by atoms with Gasteiger partial charge in [0.05, 0.1) is 0 Å². The number of hydrogen-bond acceptors (Lipinski definition) is 2. The van der Waals surface area contributed by atoms with Gasteiger partial charge in [-0.3, -0.25) is 0 Å². The minimum atomic E-state index is 0.184. The first-order chi connectivity index (χ1) is 5.68. The predicted molar refractivity (Wildman–Crippen MR) is 51.0 cm³/mol. The maximum Gasteiger partial charge on any atom is 0.0283 e. The molecule has 0 heterocycles. The minimum Gasteiger partial charge on any atom is -0.324 e. The Morgan fingerprint density at radius 3 is 2.50 bits per heavy atom. The van der Waals surface area contributed by atoms with Gasteiger partial charge in [0, 0.05) is 18.6 Å². The number of hydrogen-bond donors (Lipinski definition) is 1. The Bertz CT molecular complexity index is 159. The Kier molecular flexibility index (Phi) is 2.13. The molecule has 2 aliphatic rings. The van der Waals surface area contributed by atoms with Gasteiger partial charge in [-0.15, -0.1) is 0 Å². The summed E-state index contributed by atoms with van der Waals surface area (Å²) in [5.41, 5.74) is 6.34. The van der Waals surface area contributed by atoms with E-state index in [1.807, 2.05) is 0 Å². The van der Waals surface area contributed by atoms with Crippen LogP contribution < -0.4 is 5.73 Å².